The van der Waals surface area contributed by atoms with Gasteiger partial charge in [-0.3, -0.25) is 4.90 Å². The molecule has 3 aromatic rings. The van der Waals surface area contributed by atoms with E-state index in [2.05, 4.69) is 35.2 Å². The lowest BCUT2D eigenvalue weighted by Crippen LogP contribution is -2.37. The maximum Gasteiger partial charge on any atom is 0.161 e. The first-order chi connectivity index (χ1) is 15.1. The lowest BCUT2D eigenvalue weighted by molar-refractivity contribution is 0.234. The summed E-state index contributed by atoms with van der Waals surface area (Å²) in [6.45, 7) is 1.51. The van der Waals surface area contributed by atoms with Crippen molar-refractivity contribution in [3.63, 3.8) is 0 Å². The van der Waals surface area contributed by atoms with E-state index < -0.39 is 0 Å². The quantitative estimate of drug-likeness (QED) is 0.371. The molecule has 0 aromatic heterocycles. The zero-order valence-corrected chi connectivity index (χ0v) is 20.4. The number of ether oxygens (including phenoxy) is 2. The minimum Gasteiger partial charge on any atom is -0.493 e. The van der Waals surface area contributed by atoms with Gasteiger partial charge in [0.2, 0.25) is 0 Å². The summed E-state index contributed by atoms with van der Waals surface area (Å²) >= 11 is 13.1. The van der Waals surface area contributed by atoms with Crippen LogP contribution in [0.1, 0.15) is 28.3 Å². The predicted octanol–water partition coefficient (Wildman–Crippen LogP) is 7.01. The molecular weight excluding hydrogens is 465 g/mol. The molecule has 0 spiro atoms. The molecule has 1 atom stereocenters. The molecule has 0 amide bonds. The van der Waals surface area contributed by atoms with Crippen molar-refractivity contribution in [1.82, 2.24) is 4.90 Å². The van der Waals surface area contributed by atoms with E-state index in [0.717, 1.165) is 45.6 Å². The molecule has 4 rings (SSSR count). The Balaban J connectivity index is 0.00000289. The molecule has 0 saturated carbocycles. The van der Waals surface area contributed by atoms with Crippen LogP contribution in [-0.4, -0.2) is 32.2 Å². The van der Waals surface area contributed by atoms with Crippen LogP contribution in [0.2, 0.25) is 5.02 Å². The van der Waals surface area contributed by atoms with Gasteiger partial charge in [0.1, 0.15) is 0 Å². The van der Waals surface area contributed by atoms with Crippen LogP contribution in [0.5, 0.6) is 11.5 Å². The first-order valence-electron chi connectivity index (χ1n) is 10.2. The van der Waals surface area contributed by atoms with Crippen LogP contribution >= 0.6 is 35.6 Å². The first kappa shape index (κ1) is 24.5. The maximum absolute atomic E-state index is 6.71. The molecule has 0 bridgehead atoms. The Kier molecular flexibility index (Phi) is 8.50. The largest absolute Gasteiger partial charge is 0.493 e. The summed E-state index contributed by atoms with van der Waals surface area (Å²) in [7, 11) is 3.33. The highest BCUT2D eigenvalue weighted by Gasteiger charge is 2.30. The molecule has 1 unspecified atom stereocenters. The number of halogens is 3. The van der Waals surface area contributed by atoms with Crippen LogP contribution < -0.4 is 9.47 Å². The van der Waals surface area contributed by atoms with E-state index in [9.17, 15) is 0 Å². The van der Waals surface area contributed by atoms with Crippen molar-refractivity contribution in [2.45, 2.75) is 12.5 Å². The van der Waals surface area contributed by atoms with Crippen molar-refractivity contribution in [3.05, 3.63) is 99.0 Å². The Hall–Kier alpha value is -2.17. The molecule has 0 aliphatic carbocycles. The first-order valence-corrected chi connectivity index (χ1v) is 11.0. The number of hydrogen-bond acceptors (Lipinski definition) is 3. The number of methoxy groups -OCH3 is 2. The highest BCUT2D eigenvalue weighted by Crippen LogP contribution is 2.41. The molecule has 0 radical (unpaired) electrons. The van der Waals surface area contributed by atoms with Crippen molar-refractivity contribution >= 4 is 41.7 Å². The number of rotatable bonds is 6. The molecular formula is C26H26Cl3NO2. The van der Waals surface area contributed by atoms with Gasteiger partial charge in [0.25, 0.3) is 0 Å². The summed E-state index contributed by atoms with van der Waals surface area (Å²) < 4.78 is 11.1. The number of benzene rings is 3. The Morgan fingerprint density at radius 3 is 2.41 bits per heavy atom. The fraction of sp³-hybridized carbons (Fsp3) is 0.231. The third kappa shape index (κ3) is 5.41. The van der Waals surface area contributed by atoms with Crippen LogP contribution in [0.4, 0.5) is 0 Å². The number of hydrogen-bond donors (Lipinski definition) is 0. The van der Waals surface area contributed by atoms with Crippen molar-refractivity contribution in [2.24, 2.45) is 0 Å². The van der Waals surface area contributed by atoms with Gasteiger partial charge in [0, 0.05) is 23.1 Å². The monoisotopic (exact) mass is 489 g/mol. The molecule has 6 heteroatoms. The topological polar surface area (TPSA) is 21.7 Å². The van der Waals surface area contributed by atoms with Gasteiger partial charge in [-0.1, -0.05) is 65.7 Å². The Bertz CT molecular complexity index is 1090. The van der Waals surface area contributed by atoms with Gasteiger partial charge in [0.05, 0.1) is 20.3 Å². The summed E-state index contributed by atoms with van der Waals surface area (Å²) in [4.78, 5) is 2.39. The summed E-state index contributed by atoms with van der Waals surface area (Å²) in [5.41, 5.74) is 4.66. The molecule has 168 valence electrons. The van der Waals surface area contributed by atoms with Crippen molar-refractivity contribution in [1.29, 1.82) is 0 Å². The third-order valence-electron chi connectivity index (χ3n) is 5.61. The van der Waals surface area contributed by atoms with Crippen LogP contribution in [0.15, 0.2) is 71.8 Å². The second-order valence-corrected chi connectivity index (χ2v) is 8.51. The van der Waals surface area contributed by atoms with E-state index in [-0.39, 0.29) is 18.4 Å². The number of fused-ring (bicyclic) bond motifs is 1. The Morgan fingerprint density at radius 1 is 1.00 bits per heavy atom. The standard InChI is InChI=1S/C26H25Cl2NO2.ClH/c1-30-24-15-19-11-12-29(17-22(28)13-18-7-4-3-5-8-18)26(23(19)16-25(24)31-2)20-9-6-10-21(27)14-20;/h3-10,13-16,26H,11-12,17H2,1-2H3;1H. The predicted molar refractivity (Wildman–Crippen MR) is 136 cm³/mol. The molecule has 1 aliphatic heterocycles. The zero-order valence-electron chi connectivity index (χ0n) is 18.1. The fourth-order valence-corrected chi connectivity index (χ4v) is 4.68. The van der Waals surface area contributed by atoms with Crippen LogP contribution in [0, 0.1) is 0 Å². The lowest BCUT2D eigenvalue weighted by atomic mass is 9.87. The van der Waals surface area contributed by atoms with E-state index in [0.29, 0.717) is 6.54 Å². The maximum atomic E-state index is 6.71. The Labute approximate surface area is 206 Å². The van der Waals surface area contributed by atoms with Gasteiger partial charge >= 0.3 is 0 Å². The molecule has 32 heavy (non-hydrogen) atoms. The average Bonchev–Trinajstić information content (AvgIpc) is 2.78. The second kappa shape index (κ2) is 11.1. The van der Waals surface area contributed by atoms with E-state index in [1.807, 2.05) is 42.5 Å². The molecule has 1 heterocycles. The second-order valence-electron chi connectivity index (χ2n) is 7.59. The highest BCUT2D eigenvalue weighted by atomic mass is 35.5. The average molecular weight is 491 g/mol. The van der Waals surface area contributed by atoms with Crippen molar-refractivity contribution in [3.8, 4) is 11.5 Å². The minimum absolute atomic E-state index is 0. The van der Waals surface area contributed by atoms with E-state index >= 15 is 0 Å². The molecule has 0 fully saturated rings. The molecule has 1 aliphatic rings. The van der Waals surface area contributed by atoms with E-state index in [1.54, 1.807) is 14.2 Å². The van der Waals surface area contributed by atoms with Gasteiger partial charge in [-0.15, -0.1) is 12.4 Å². The smallest absolute Gasteiger partial charge is 0.161 e. The third-order valence-corrected chi connectivity index (χ3v) is 6.08. The van der Waals surface area contributed by atoms with Gasteiger partial charge in [-0.05, 0) is 59.0 Å². The van der Waals surface area contributed by atoms with Crippen LogP contribution in [-0.2, 0) is 6.42 Å². The fourth-order valence-electron chi connectivity index (χ4n) is 4.20. The zero-order chi connectivity index (χ0) is 21.8. The minimum atomic E-state index is 0. The summed E-state index contributed by atoms with van der Waals surface area (Å²) in [6.07, 6.45) is 2.93. The van der Waals surface area contributed by atoms with E-state index in [4.69, 9.17) is 32.7 Å². The highest BCUT2D eigenvalue weighted by molar-refractivity contribution is 6.31. The van der Waals surface area contributed by atoms with Gasteiger partial charge in [0.15, 0.2) is 11.5 Å². The van der Waals surface area contributed by atoms with Gasteiger partial charge in [-0.2, -0.15) is 0 Å². The molecule has 3 nitrogen and oxygen atoms in total. The van der Waals surface area contributed by atoms with Gasteiger partial charge in [-0.25, -0.2) is 0 Å². The molecule has 0 saturated heterocycles. The summed E-state index contributed by atoms with van der Waals surface area (Å²) in [6, 6.07) is 22.4. The van der Waals surface area contributed by atoms with Crippen molar-refractivity contribution < 1.29 is 9.47 Å². The summed E-state index contributed by atoms with van der Waals surface area (Å²) in [5.74, 6) is 1.47. The lowest BCUT2D eigenvalue weighted by Gasteiger charge is -2.38. The normalized spacial score (nSPS) is 16.1. The van der Waals surface area contributed by atoms with Crippen molar-refractivity contribution in [2.75, 3.05) is 27.3 Å². The SMILES string of the molecule is COc1cc2c(cc1OC)C(c1cccc(Cl)c1)N(CC(Cl)=Cc1ccccc1)CC2.Cl. The Morgan fingerprint density at radius 2 is 1.72 bits per heavy atom. The van der Waals surface area contributed by atoms with Crippen LogP contribution in [0.25, 0.3) is 6.08 Å². The van der Waals surface area contributed by atoms with E-state index in [1.165, 1.54) is 11.1 Å². The van der Waals surface area contributed by atoms with Crippen LogP contribution in [0.3, 0.4) is 0 Å². The van der Waals surface area contributed by atoms with Gasteiger partial charge < -0.3 is 9.47 Å². The number of nitrogens with zero attached hydrogens (tertiary/aromatic N) is 1. The molecule has 0 N–H and O–H groups in total. The molecule has 3 aromatic carbocycles. The summed E-state index contributed by atoms with van der Waals surface area (Å²) in [5, 5.41) is 1.51.